The molecule has 0 aliphatic carbocycles. The molecule has 2 aromatic carbocycles. The Balaban J connectivity index is 1.57. The molecule has 0 aliphatic rings. The van der Waals surface area contributed by atoms with Crippen molar-refractivity contribution in [1.29, 1.82) is 0 Å². The smallest absolute Gasteiger partial charge is 0.191 e. The number of thioether (sulfide) groups is 1. The maximum atomic E-state index is 10.3. The van der Waals surface area contributed by atoms with E-state index in [9.17, 15) is 5.11 Å². The lowest BCUT2D eigenvalue weighted by molar-refractivity contribution is 0.125. The van der Waals surface area contributed by atoms with Gasteiger partial charge in [-0.15, -0.1) is 10.2 Å². The minimum atomic E-state index is -0.610. The third-order valence-electron chi connectivity index (χ3n) is 4.31. The van der Waals surface area contributed by atoms with Gasteiger partial charge < -0.3 is 14.4 Å². The van der Waals surface area contributed by atoms with Gasteiger partial charge in [0, 0.05) is 23.4 Å². The summed E-state index contributed by atoms with van der Waals surface area (Å²) in [6, 6.07) is 15.4. The number of hydrogen-bond donors (Lipinski definition) is 1. The van der Waals surface area contributed by atoms with Gasteiger partial charge in [0.05, 0.1) is 6.10 Å². The number of nitrogens with zero attached hydrogens (tertiary/aromatic N) is 3. The molecule has 0 saturated carbocycles. The van der Waals surface area contributed by atoms with E-state index >= 15 is 0 Å². The van der Waals surface area contributed by atoms with E-state index in [1.165, 1.54) is 11.8 Å². The normalized spacial score (nSPS) is 12.4. The van der Waals surface area contributed by atoms with Gasteiger partial charge in [-0.05, 0) is 41.8 Å². The maximum absolute atomic E-state index is 10.3. The molecule has 1 heterocycles. The van der Waals surface area contributed by atoms with Crippen molar-refractivity contribution >= 4 is 23.4 Å². The van der Waals surface area contributed by atoms with E-state index < -0.39 is 6.10 Å². The Hall–Kier alpha value is -2.02. The van der Waals surface area contributed by atoms with E-state index in [0.29, 0.717) is 16.7 Å². The van der Waals surface area contributed by atoms with Gasteiger partial charge in [-0.3, -0.25) is 0 Å². The molecule has 28 heavy (non-hydrogen) atoms. The van der Waals surface area contributed by atoms with Gasteiger partial charge in [-0.25, -0.2) is 0 Å². The number of aromatic nitrogens is 3. The number of para-hydroxylation sites is 1. The first-order valence-corrected chi connectivity index (χ1v) is 10.5. The Morgan fingerprint density at radius 2 is 1.82 bits per heavy atom. The lowest BCUT2D eigenvalue weighted by Gasteiger charge is -2.16. The van der Waals surface area contributed by atoms with Crippen LogP contribution in [-0.4, -0.2) is 38.3 Å². The summed E-state index contributed by atoms with van der Waals surface area (Å²) in [5.41, 5.74) is 2.09. The lowest BCUT2D eigenvalue weighted by Crippen LogP contribution is -2.20. The van der Waals surface area contributed by atoms with E-state index in [0.717, 1.165) is 27.9 Å². The number of hydrogen-bond acceptors (Lipinski definition) is 5. The van der Waals surface area contributed by atoms with Crippen LogP contribution in [0.4, 0.5) is 0 Å². The largest absolute Gasteiger partial charge is 0.491 e. The third kappa shape index (κ3) is 5.07. The van der Waals surface area contributed by atoms with Gasteiger partial charge in [0.2, 0.25) is 0 Å². The van der Waals surface area contributed by atoms with Crippen LogP contribution in [-0.2, 0) is 7.05 Å². The average molecular weight is 418 g/mol. The molecule has 1 aromatic heterocycles. The minimum Gasteiger partial charge on any atom is -0.491 e. The molecule has 0 aliphatic heterocycles. The van der Waals surface area contributed by atoms with Crippen LogP contribution in [0.25, 0.3) is 11.4 Å². The van der Waals surface area contributed by atoms with E-state index in [4.69, 9.17) is 16.3 Å². The monoisotopic (exact) mass is 417 g/mol. The quantitative estimate of drug-likeness (QED) is 0.534. The lowest BCUT2D eigenvalue weighted by atomic mass is 10.0. The molecule has 0 saturated heterocycles. The molecular formula is C21H24ClN3O2S. The molecule has 0 radical (unpaired) electrons. The topological polar surface area (TPSA) is 60.2 Å². The van der Waals surface area contributed by atoms with E-state index in [1.807, 2.05) is 54.1 Å². The van der Waals surface area contributed by atoms with Crippen molar-refractivity contribution in [2.75, 3.05) is 12.4 Å². The fourth-order valence-corrected chi connectivity index (χ4v) is 3.73. The zero-order valence-corrected chi connectivity index (χ0v) is 17.7. The summed E-state index contributed by atoms with van der Waals surface area (Å²) in [6.45, 7) is 4.49. The Morgan fingerprint density at radius 3 is 2.54 bits per heavy atom. The zero-order chi connectivity index (χ0) is 20.1. The van der Waals surface area contributed by atoms with Crippen molar-refractivity contribution < 1.29 is 9.84 Å². The van der Waals surface area contributed by atoms with Crippen LogP contribution in [0.5, 0.6) is 5.75 Å². The fourth-order valence-electron chi connectivity index (χ4n) is 2.78. The Bertz CT molecular complexity index is 912. The predicted molar refractivity (Wildman–Crippen MR) is 114 cm³/mol. The summed E-state index contributed by atoms with van der Waals surface area (Å²) in [6.07, 6.45) is -0.610. The maximum Gasteiger partial charge on any atom is 0.191 e. The molecule has 3 aromatic rings. The summed E-state index contributed by atoms with van der Waals surface area (Å²) in [5.74, 6) is 2.42. The molecule has 1 N–H and O–H groups in total. The van der Waals surface area contributed by atoms with Crippen LogP contribution in [0.1, 0.15) is 25.3 Å². The van der Waals surface area contributed by atoms with Gasteiger partial charge in [-0.2, -0.15) is 0 Å². The molecule has 3 rings (SSSR count). The summed E-state index contributed by atoms with van der Waals surface area (Å²) in [4.78, 5) is 0. The number of aliphatic hydroxyl groups is 1. The van der Waals surface area contributed by atoms with Crippen LogP contribution in [0.2, 0.25) is 5.02 Å². The number of benzene rings is 2. The second-order valence-corrected chi connectivity index (χ2v) is 8.26. The standard InChI is InChI=1S/C21H24ClN3O2S/c1-14(2)18-6-4-5-7-19(18)27-12-17(26)13-28-21-24-23-20(25(21)3)15-8-10-16(22)11-9-15/h4-11,14,17,26H,12-13H2,1-3H3/t17-/m1/s1. The van der Waals surface area contributed by atoms with Gasteiger partial charge in [0.1, 0.15) is 12.4 Å². The number of halogens is 1. The Morgan fingerprint density at radius 1 is 1.11 bits per heavy atom. The molecular weight excluding hydrogens is 394 g/mol. The summed E-state index contributed by atoms with van der Waals surface area (Å²) in [7, 11) is 1.91. The van der Waals surface area contributed by atoms with Gasteiger partial charge in [0.25, 0.3) is 0 Å². The first kappa shape index (κ1) is 20.7. The predicted octanol–water partition coefficient (Wildman–Crippen LogP) is 4.79. The second-order valence-electron chi connectivity index (χ2n) is 6.84. The Kier molecular flexibility index (Phi) is 6.99. The van der Waals surface area contributed by atoms with Crippen molar-refractivity contribution in [1.82, 2.24) is 14.8 Å². The average Bonchev–Trinajstić information content (AvgIpc) is 3.06. The van der Waals surface area contributed by atoms with Crippen molar-refractivity contribution in [2.24, 2.45) is 7.05 Å². The van der Waals surface area contributed by atoms with E-state index in [1.54, 1.807) is 0 Å². The van der Waals surface area contributed by atoms with Crippen LogP contribution in [0.15, 0.2) is 53.7 Å². The molecule has 0 fully saturated rings. The van der Waals surface area contributed by atoms with Gasteiger partial charge in [-0.1, -0.05) is 55.4 Å². The number of ether oxygens (including phenoxy) is 1. The van der Waals surface area contributed by atoms with E-state index in [2.05, 4.69) is 30.1 Å². The molecule has 1 atom stereocenters. The summed E-state index contributed by atoms with van der Waals surface area (Å²) < 4.78 is 7.76. The fraction of sp³-hybridized carbons (Fsp3) is 0.333. The molecule has 0 amide bonds. The van der Waals surface area contributed by atoms with Crippen molar-refractivity contribution in [3.8, 4) is 17.1 Å². The SMILES string of the molecule is CC(C)c1ccccc1OC[C@@H](O)CSc1nnc(-c2ccc(Cl)cc2)n1C. The summed E-state index contributed by atoms with van der Waals surface area (Å²) in [5, 5.41) is 20.2. The first-order valence-electron chi connectivity index (χ1n) is 9.13. The highest BCUT2D eigenvalue weighted by Gasteiger charge is 2.15. The van der Waals surface area contributed by atoms with Crippen molar-refractivity contribution in [3.63, 3.8) is 0 Å². The summed E-state index contributed by atoms with van der Waals surface area (Å²) >= 11 is 7.40. The first-order chi connectivity index (χ1) is 13.5. The second kappa shape index (κ2) is 9.45. The minimum absolute atomic E-state index is 0.235. The van der Waals surface area contributed by atoms with Gasteiger partial charge >= 0.3 is 0 Å². The van der Waals surface area contributed by atoms with Gasteiger partial charge in [0.15, 0.2) is 11.0 Å². The number of aliphatic hydroxyl groups excluding tert-OH is 1. The number of rotatable bonds is 8. The Labute approximate surface area is 174 Å². The van der Waals surface area contributed by atoms with Crippen LogP contribution in [0, 0.1) is 0 Å². The van der Waals surface area contributed by atoms with Crippen LogP contribution >= 0.6 is 23.4 Å². The van der Waals surface area contributed by atoms with E-state index in [-0.39, 0.29) is 6.61 Å². The third-order valence-corrected chi connectivity index (χ3v) is 5.73. The molecule has 0 bridgehead atoms. The molecule has 148 valence electrons. The highest BCUT2D eigenvalue weighted by molar-refractivity contribution is 7.99. The van der Waals surface area contributed by atoms with Crippen LogP contribution < -0.4 is 4.74 Å². The molecule has 0 spiro atoms. The highest BCUT2D eigenvalue weighted by atomic mass is 35.5. The molecule has 7 heteroatoms. The van der Waals surface area contributed by atoms with Crippen molar-refractivity contribution in [2.45, 2.75) is 31.0 Å². The van der Waals surface area contributed by atoms with Crippen molar-refractivity contribution in [3.05, 3.63) is 59.1 Å². The highest BCUT2D eigenvalue weighted by Crippen LogP contribution is 2.27. The van der Waals surface area contributed by atoms with Crippen LogP contribution in [0.3, 0.4) is 0 Å². The zero-order valence-electron chi connectivity index (χ0n) is 16.2. The molecule has 5 nitrogen and oxygen atoms in total. The molecule has 0 unspecified atom stereocenters.